The van der Waals surface area contributed by atoms with Crippen molar-refractivity contribution < 1.29 is 8.78 Å². The van der Waals surface area contributed by atoms with Crippen molar-refractivity contribution in [2.24, 2.45) is 0 Å². The summed E-state index contributed by atoms with van der Waals surface area (Å²) in [6, 6.07) is 10.7. The molecule has 0 atom stereocenters. The molecule has 0 unspecified atom stereocenters. The number of nitrogen functional groups attached to an aromatic ring is 1. The number of benzene rings is 2. The van der Waals surface area contributed by atoms with Gasteiger partial charge < -0.3 is 11.1 Å². The predicted octanol–water partition coefficient (Wildman–Crippen LogP) is 3.16. The molecule has 0 radical (unpaired) electrons. The molecule has 0 aromatic heterocycles. The maximum Gasteiger partial charge on any atom is 0.184 e. The van der Waals surface area contributed by atoms with Crippen molar-refractivity contribution in [3.05, 3.63) is 53.6 Å². The van der Waals surface area contributed by atoms with Gasteiger partial charge in [0.05, 0.1) is 16.9 Å². The van der Waals surface area contributed by atoms with Gasteiger partial charge in [0, 0.05) is 0 Å². The molecule has 0 spiro atoms. The molecule has 2 aromatic carbocycles. The van der Waals surface area contributed by atoms with Gasteiger partial charge in [-0.2, -0.15) is 5.26 Å². The monoisotopic (exact) mass is 245 g/mol. The highest BCUT2D eigenvalue weighted by atomic mass is 19.2. The first-order chi connectivity index (χ1) is 8.63. The minimum Gasteiger partial charge on any atom is -0.397 e. The summed E-state index contributed by atoms with van der Waals surface area (Å²) in [5.74, 6) is -2.07. The van der Waals surface area contributed by atoms with E-state index in [4.69, 9.17) is 11.0 Å². The highest BCUT2D eigenvalue weighted by Gasteiger charge is 2.13. The van der Waals surface area contributed by atoms with Crippen LogP contribution >= 0.6 is 0 Å². The Morgan fingerprint density at radius 1 is 1.11 bits per heavy atom. The average molecular weight is 245 g/mol. The summed E-state index contributed by atoms with van der Waals surface area (Å²) in [6.45, 7) is 0. The second-order valence-electron chi connectivity index (χ2n) is 3.61. The van der Waals surface area contributed by atoms with E-state index in [-0.39, 0.29) is 11.4 Å². The molecule has 0 aliphatic carbocycles. The SMILES string of the molecule is N#Cc1ccccc1Nc1c(N)ccc(F)c1F. The Morgan fingerprint density at radius 3 is 2.56 bits per heavy atom. The summed E-state index contributed by atoms with van der Waals surface area (Å²) in [4.78, 5) is 0. The van der Waals surface area contributed by atoms with E-state index in [1.54, 1.807) is 24.3 Å². The highest BCUT2D eigenvalue weighted by molar-refractivity contribution is 5.75. The van der Waals surface area contributed by atoms with Gasteiger partial charge in [0.2, 0.25) is 0 Å². The molecule has 2 rings (SSSR count). The molecule has 0 amide bonds. The lowest BCUT2D eigenvalue weighted by atomic mass is 10.1. The van der Waals surface area contributed by atoms with Crippen molar-refractivity contribution in [3.63, 3.8) is 0 Å². The second kappa shape index (κ2) is 4.72. The number of hydrogen-bond donors (Lipinski definition) is 2. The van der Waals surface area contributed by atoms with E-state index in [2.05, 4.69) is 5.32 Å². The number of nitriles is 1. The third-order valence-corrected chi connectivity index (χ3v) is 2.43. The molecule has 5 heteroatoms. The van der Waals surface area contributed by atoms with Crippen LogP contribution in [0, 0.1) is 23.0 Å². The second-order valence-corrected chi connectivity index (χ2v) is 3.61. The minimum absolute atomic E-state index is 0.0710. The van der Waals surface area contributed by atoms with Gasteiger partial charge in [0.1, 0.15) is 11.8 Å². The van der Waals surface area contributed by atoms with E-state index in [9.17, 15) is 8.78 Å². The zero-order valence-corrected chi connectivity index (χ0v) is 9.24. The number of nitrogens with one attached hydrogen (secondary N) is 1. The van der Waals surface area contributed by atoms with Gasteiger partial charge in [-0.15, -0.1) is 0 Å². The number of hydrogen-bond acceptors (Lipinski definition) is 3. The van der Waals surface area contributed by atoms with Crippen LogP contribution in [0.1, 0.15) is 5.56 Å². The van der Waals surface area contributed by atoms with Crippen molar-refractivity contribution in [1.82, 2.24) is 0 Å². The third-order valence-electron chi connectivity index (χ3n) is 2.43. The van der Waals surface area contributed by atoms with E-state index >= 15 is 0 Å². The Morgan fingerprint density at radius 2 is 1.83 bits per heavy atom. The van der Waals surface area contributed by atoms with Crippen molar-refractivity contribution in [1.29, 1.82) is 5.26 Å². The summed E-state index contributed by atoms with van der Waals surface area (Å²) >= 11 is 0. The zero-order valence-electron chi connectivity index (χ0n) is 9.24. The molecule has 0 aliphatic heterocycles. The molecule has 0 aliphatic rings. The lowest BCUT2D eigenvalue weighted by molar-refractivity contribution is 0.512. The van der Waals surface area contributed by atoms with E-state index < -0.39 is 11.6 Å². The van der Waals surface area contributed by atoms with Crippen LogP contribution in [0.15, 0.2) is 36.4 Å². The van der Waals surface area contributed by atoms with Gasteiger partial charge in [0.15, 0.2) is 11.6 Å². The molecular formula is C13H9F2N3. The average Bonchev–Trinajstić information content (AvgIpc) is 2.39. The largest absolute Gasteiger partial charge is 0.397 e. The first-order valence-electron chi connectivity index (χ1n) is 5.13. The fourth-order valence-corrected chi connectivity index (χ4v) is 1.52. The van der Waals surface area contributed by atoms with Crippen LogP contribution in [0.5, 0.6) is 0 Å². The quantitative estimate of drug-likeness (QED) is 0.799. The van der Waals surface area contributed by atoms with E-state index in [1.165, 1.54) is 6.07 Å². The minimum atomic E-state index is -1.07. The number of nitrogens with two attached hydrogens (primary N) is 1. The van der Waals surface area contributed by atoms with Crippen LogP contribution in [-0.4, -0.2) is 0 Å². The fraction of sp³-hybridized carbons (Fsp3) is 0. The van der Waals surface area contributed by atoms with Gasteiger partial charge in [-0.25, -0.2) is 8.78 Å². The number of rotatable bonds is 2. The van der Waals surface area contributed by atoms with E-state index in [1.807, 2.05) is 6.07 Å². The van der Waals surface area contributed by atoms with Gasteiger partial charge in [0.25, 0.3) is 0 Å². The Bertz CT molecular complexity index is 633. The first kappa shape index (κ1) is 11.9. The predicted molar refractivity (Wildman–Crippen MR) is 65.2 cm³/mol. The Kier molecular flexibility index (Phi) is 3.11. The van der Waals surface area contributed by atoms with Crippen LogP contribution in [0.4, 0.5) is 25.8 Å². The van der Waals surface area contributed by atoms with Gasteiger partial charge in [-0.3, -0.25) is 0 Å². The van der Waals surface area contributed by atoms with E-state index in [0.717, 1.165) is 6.07 Å². The van der Waals surface area contributed by atoms with E-state index in [0.29, 0.717) is 11.3 Å². The summed E-state index contributed by atoms with van der Waals surface area (Å²) in [7, 11) is 0. The Labute approximate surface area is 102 Å². The number of anilines is 3. The normalized spacial score (nSPS) is 9.83. The van der Waals surface area contributed by atoms with Crippen LogP contribution in [0.3, 0.4) is 0 Å². The smallest absolute Gasteiger partial charge is 0.184 e. The van der Waals surface area contributed by atoms with Crippen molar-refractivity contribution in [3.8, 4) is 6.07 Å². The van der Waals surface area contributed by atoms with Crippen molar-refractivity contribution >= 4 is 17.1 Å². The molecule has 2 aromatic rings. The number of nitrogens with zero attached hydrogens (tertiary/aromatic N) is 1. The zero-order chi connectivity index (χ0) is 13.1. The molecule has 0 bridgehead atoms. The molecular weight excluding hydrogens is 236 g/mol. The van der Waals surface area contributed by atoms with Crippen molar-refractivity contribution in [2.75, 3.05) is 11.1 Å². The summed E-state index contributed by atoms with van der Waals surface area (Å²) in [5.41, 5.74) is 6.17. The standard InChI is InChI=1S/C13H9F2N3/c14-9-5-6-10(17)13(12(9)15)18-11-4-2-1-3-8(11)7-16/h1-6,18H,17H2. The lowest BCUT2D eigenvalue weighted by Gasteiger charge is -2.11. The fourth-order valence-electron chi connectivity index (χ4n) is 1.52. The Hall–Kier alpha value is -2.61. The molecule has 18 heavy (non-hydrogen) atoms. The molecule has 3 N–H and O–H groups in total. The highest BCUT2D eigenvalue weighted by Crippen LogP contribution is 2.29. The molecule has 0 fully saturated rings. The summed E-state index contributed by atoms with van der Waals surface area (Å²) in [5, 5.41) is 11.5. The number of para-hydroxylation sites is 1. The van der Waals surface area contributed by atoms with Crippen LogP contribution in [0.25, 0.3) is 0 Å². The summed E-state index contributed by atoms with van der Waals surface area (Å²) < 4.78 is 26.7. The topological polar surface area (TPSA) is 61.8 Å². The maximum absolute atomic E-state index is 13.6. The maximum atomic E-state index is 13.6. The van der Waals surface area contributed by atoms with Gasteiger partial charge in [-0.1, -0.05) is 12.1 Å². The lowest BCUT2D eigenvalue weighted by Crippen LogP contribution is -2.02. The van der Waals surface area contributed by atoms with Crippen molar-refractivity contribution in [2.45, 2.75) is 0 Å². The molecule has 0 saturated heterocycles. The van der Waals surface area contributed by atoms with Crippen LogP contribution in [-0.2, 0) is 0 Å². The molecule has 90 valence electrons. The summed E-state index contributed by atoms with van der Waals surface area (Å²) in [6.07, 6.45) is 0. The molecule has 0 heterocycles. The Balaban J connectivity index is 2.47. The molecule has 0 saturated carbocycles. The first-order valence-corrected chi connectivity index (χ1v) is 5.13. The van der Waals surface area contributed by atoms with Gasteiger partial charge >= 0.3 is 0 Å². The number of halogens is 2. The van der Waals surface area contributed by atoms with Crippen LogP contribution in [0.2, 0.25) is 0 Å². The third kappa shape index (κ3) is 2.09. The van der Waals surface area contributed by atoms with Crippen LogP contribution < -0.4 is 11.1 Å². The molecule has 3 nitrogen and oxygen atoms in total. The van der Waals surface area contributed by atoms with Gasteiger partial charge in [-0.05, 0) is 24.3 Å².